The predicted molar refractivity (Wildman–Crippen MR) is 71.5 cm³/mol. The van der Waals surface area contributed by atoms with Crippen LogP contribution in [0.4, 0.5) is 11.6 Å². The number of aromatic nitrogens is 2. The minimum Gasteiger partial charge on any atom is -0.326 e. The molecule has 0 unspecified atom stereocenters. The van der Waals surface area contributed by atoms with E-state index in [2.05, 4.69) is 41.5 Å². The van der Waals surface area contributed by atoms with E-state index in [4.69, 9.17) is 0 Å². The third kappa shape index (κ3) is 3.09. The van der Waals surface area contributed by atoms with Gasteiger partial charge in [-0.3, -0.25) is 0 Å². The summed E-state index contributed by atoms with van der Waals surface area (Å²) in [5.41, 5.74) is 2.48. The predicted octanol–water partition coefficient (Wildman–Crippen LogP) is 3.51. The highest BCUT2D eigenvalue weighted by Crippen LogP contribution is 2.15. The maximum atomic E-state index is 4.23. The second-order valence-electron chi connectivity index (χ2n) is 4.29. The Morgan fingerprint density at radius 2 is 2.00 bits per heavy atom. The van der Waals surface area contributed by atoms with E-state index >= 15 is 0 Å². The number of unbranched alkanes of at least 4 members (excludes halogenated alkanes) is 1. The van der Waals surface area contributed by atoms with Crippen molar-refractivity contribution in [3.63, 3.8) is 0 Å². The summed E-state index contributed by atoms with van der Waals surface area (Å²) >= 11 is 0. The number of nitrogens with one attached hydrogen (secondary N) is 1. The van der Waals surface area contributed by atoms with Crippen molar-refractivity contribution in [2.45, 2.75) is 26.2 Å². The van der Waals surface area contributed by atoms with Crippen molar-refractivity contribution in [2.24, 2.45) is 7.05 Å². The molecule has 1 N–H and O–H groups in total. The topological polar surface area (TPSA) is 29.9 Å². The van der Waals surface area contributed by atoms with Gasteiger partial charge in [-0.1, -0.05) is 25.5 Å². The first kappa shape index (κ1) is 11.7. The molecule has 2 aromatic rings. The summed E-state index contributed by atoms with van der Waals surface area (Å²) in [6.07, 6.45) is 7.38. The molecular weight excluding hydrogens is 210 g/mol. The highest BCUT2D eigenvalue weighted by molar-refractivity contribution is 5.53. The van der Waals surface area contributed by atoms with E-state index < -0.39 is 0 Å². The number of hydrogen-bond acceptors (Lipinski definition) is 2. The van der Waals surface area contributed by atoms with E-state index in [0.29, 0.717) is 0 Å². The number of hydrogen-bond donors (Lipinski definition) is 1. The molecule has 0 fully saturated rings. The highest BCUT2D eigenvalue weighted by atomic mass is 15.2. The third-order valence-electron chi connectivity index (χ3n) is 2.85. The van der Waals surface area contributed by atoms with Crippen molar-refractivity contribution in [1.82, 2.24) is 9.55 Å². The van der Waals surface area contributed by atoms with Crippen molar-refractivity contribution >= 4 is 11.6 Å². The smallest absolute Gasteiger partial charge is 0.207 e. The molecule has 17 heavy (non-hydrogen) atoms. The molecule has 0 amide bonds. The molecule has 0 aliphatic rings. The quantitative estimate of drug-likeness (QED) is 0.850. The molecule has 0 saturated carbocycles. The molecule has 0 spiro atoms. The van der Waals surface area contributed by atoms with Gasteiger partial charge in [0, 0.05) is 25.1 Å². The zero-order valence-corrected chi connectivity index (χ0v) is 10.5. The third-order valence-corrected chi connectivity index (χ3v) is 2.85. The molecule has 0 saturated heterocycles. The van der Waals surface area contributed by atoms with E-state index in [-0.39, 0.29) is 0 Å². The number of imidazole rings is 1. The normalized spacial score (nSPS) is 10.5. The van der Waals surface area contributed by atoms with Crippen molar-refractivity contribution in [3.8, 4) is 0 Å². The lowest BCUT2D eigenvalue weighted by Gasteiger charge is -2.07. The summed E-state index contributed by atoms with van der Waals surface area (Å²) in [7, 11) is 1.98. The minimum atomic E-state index is 0.867. The molecule has 0 aliphatic carbocycles. The van der Waals surface area contributed by atoms with Crippen LogP contribution in [0.15, 0.2) is 36.7 Å². The molecule has 90 valence electrons. The van der Waals surface area contributed by atoms with Gasteiger partial charge in [0.05, 0.1) is 0 Å². The molecule has 0 bridgehead atoms. The van der Waals surface area contributed by atoms with Crippen LogP contribution in [0.2, 0.25) is 0 Å². The summed E-state index contributed by atoms with van der Waals surface area (Å²) in [6, 6.07) is 8.58. The van der Waals surface area contributed by atoms with Crippen LogP contribution >= 0.6 is 0 Å². The fourth-order valence-electron chi connectivity index (χ4n) is 1.75. The lowest BCUT2D eigenvalue weighted by Crippen LogP contribution is -1.98. The summed E-state index contributed by atoms with van der Waals surface area (Å²) in [5, 5.41) is 3.29. The van der Waals surface area contributed by atoms with Crippen LogP contribution in [-0.4, -0.2) is 9.55 Å². The van der Waals surface area contributed by atoms with Crippen LogP contribution < -0.4 is 5.32 Å². The zero-order chi connectivity index (χ0) is 12.1. The molecule has 2 rings (SSSR count). The fourth-order valence-corrected chi connectivity index (χ4v) is 1.75. The number of nitrogens with zero attached hydrogens (tertiary/aromatic N) is 2. The Labute approximate surface area is 103 Å². The van der Waals surface area contributed by atoms with Crippen LogP contribution in [0.25, 0.3) is 0 Å². The first-order valence-corrected chi connectivity index (χ1v) is 6.13. The van der Waals surface area contributed by atoms with E-state index in [1.165, 1.54) is 24.8 Å². The molecular formula is C14H19N3. The first-order valence-electron chi connectivity index (χ1n) is 6.13. The van der Waals surface area contributed by atoms with Crippen molar-refractivity contribution in [2.75, 3.05) is 5.32 Å². The number of benzene rings is 1. The van der Waals surface area contributed by atoms with Crippen molar-refractivity contribution < 1.29 is 0 Å². The standard InChI is InChI=1S/C14H19N3/c1-3-4-5-12-6-8-13(9-7-12)16-14-15-10-11-17(14)2/h6-11H,3-5H2,1-2H3,(H,15,16). The van der Waals surface area contributed by atoms with Gasteiger partial charge in [0.1, 0.15) is 0 Å². The summed E-state index contributed by atoms with van der Waals surface area (Å²) < 4.78 is 1.96. The summed E-state index contributed by atoms with van der Waals surface area (Å²) in [4.78, 5) is 4.23. The number of anilines is 2. The molecule has 1 aromatic heterocycles. The van der Waals surface area contributed by atoms with Gasteiger partial charge in [0.15, 0.2) is 0 Å². The van der Waals surface area contributed by atoms with Gasteiger partial charge in [0.2, 0.25) is 5.95 Å². The van der Waals surface area contributed by atoms with Gasteiger partial charge in [-0.05, 0) is 30.5 Å². The second kappa shape index (κ2) is 5.53. The van der Waals surface area contributed by atoms with Crippen molar-refractivity contribution in [3.05, 3.63) is 42.2 Å². The second-order valence-corrected chi connectivity index (χ2v) is 4.29. The van der Waals surface area contributed by atoms with Gasteiger partial charge >= 0.3 is 0 Å². The molecule has 3 nitrogen and oxygen atoms in total. The average Bonchev–Trinajstić information content (AvgIpc) is 2.74. The van der Waals surface area contributed by atoms with E-state index in [1.54, 1.807) is 6.20 Å². The summed E-state index contributed by atoms with van der Waals surface area (Å²) in [6.45, 7) is 2.22. The maximum Gasteiger partial charge on any atom is 0.207 e. The van der Waals surface area contributed by atoms with Crippen LogP contribution in [0.5, 0.6) is 0 Å². The number of aryl methyl sites for hydroxylation is 2. The first-order chi connectivity index (χ1) is 8.29. The zero-order valence-electron chi connectivity index (χ0n) is 10.5. The molecule has 1 heterocycles. The minimum absolute atomic E-state index is 0.867. The highest BCUT2D eigenvalue weighted by Gasteiger charge is 1.99. The van der Waals surface area contributed by atoms with Crippen LogP contribution in [0, 0.1) is 0 Å². The Kier molecular flexibility index (Phi) is 3.81. The number of rotatable bonds is 5. The molecule has 0 atom stereocenters. The molecule has 0 radical (unpaired) electrons. The van der Waals surface area contributed by atoms with Crippen molar-refractivity contribution in [1.29, 1.82) is 0 Å². The largest absolute Gasteiger partial charge is 0.326 e. The lowest BCUT2D eigenvalue weighted by atomic mass is 10.1. The average molecular weight is 229 g/mol. The summed E-state index contributed by atoms with van der Waals surface area (Å²) in [5.74, 6) is 0.867. The molecule has 3 heteroatoms. The lowest BCUT2D eigenvalue weighted by molar-refractivity contribution is 0.795. The Balaban J connectivity index is 2.01. The molecule has 1 aromatic carbocycles. The SMILES string of the molecule is CCCCc1ccc(Nc2nccn2C)cc1. The van der Waals surface area contributed by atoms with Gasteiger partial charge in [-0.15, -0.1) is 0 Å². The van der Waals surface area contributed by atoms with E-state index in [9.17, 15) is 0 Å². The van der Waals surface area contributed by atoms with Crippen LogP contribution in [0.3, 0.4) is 0 Å². The van der Waals surface area contributed by atoms with E-state index in [0.717, 1.165) is 11.6 Å². The Bertz CT molecular complexity index is 457. The van der Waals surface area contributed by atoms with Gasteiger partial charge in [0.25, 0.3) is 0 Å². The molecule has 0 aliphatic heterocycles. The Hall–Kier alpha value is -1.77. The van der Waals surface area contributed by atoms with Crippen LogP contribution in [0.1, 0.15) is 25.3 Å². The van der Waals surface area contributed by atoms with E-state index in [1.807, 2.05) is 17.8 Å². The maximum absolute atomic E-state index is 4.23. The monoisotopic (exact) mass is 229 g/mol. The van der Waals surface area contributed by atoms with Gasteiger partial charge in [-0.2, -0.15) is 0 Å². The van der Waals surface area contributed by atoms with Gasteiger partial charge < -0.3 is 9.88 Å². The Morgan fingerprint density at radius 3 is 2.59 bits per heavy atom. The fraction of sp³-hybridized carbons (Fsp3) is 0.357. The van der Waals surface area contributed by atoms with Gasteiger partial charge in [-0.25, -0.2) is 4.98 Å². The van der Waals surface area contributed by atoms with Crippen LogP contribution in [-0.2, 0) is 13.5 Å². The Morgan fingerprint density at radius 1 is 1.24 bits per heavy atom.